The predicted molar refractivity (Wildman–Crippen MR) is 124 cm³/mol. The number of aromatic nitrogens is 1. The van der Waals surface area contributed by atoms with Crippen LogP contribution in [0.3, 0.4) is 0 Å². The second-order valence-corrected chi connectivity index (χ2v) is 9.60. The molecule has 35 heavy (non-hydrogen) atoms. The molecule has 1 aliphatic carbocycles. The van der Waals surface area contributed by atoms with Gasteiger partial charge in [0, 0.05) is 0 Å². The second-order valence-electron chi connectivity index (χ2n) is 9.60. The van der Waals surface area contributed by atoms with E-state index in [1.807, 2.05) is 32.0 Å². The van der Waals surface area contributed by atoms with Crippen molar-refractivity contribution in [2.45, 2.75) is 88.1 Å². The number of likely N-dealkylation sites (N-methyl/N-ethyl adjacent to an activating group) is 1. The van der Waals surface area contributed by atoms with Crippen LogP contribution in [0.25, 0.3) is 11.1 Å². The zero-order valence-electron chi connectivity index (χ0n) is 20.1. The van der Waals surface area contributed by atoms with E-state index < -0.39 is 36.4 Å². The molecule has 6 N–H and O–H groups in total. The maximum Gasteiger partial charge on any atom is 0.239 e. The van der Waals surface area contributed by atoms with Gasteiger partial charge in [-0.25, -0.2) is 4.98 Å². The van der Waals surface area contributed by atoms with Gasteiger partial charge in [-0.3, -0.25) is 4.79 Å². The fraction of sp³-hybridized carbons (Fsp3) is 0.667. The van der Waals surface area contributed by atoms with Gasteiger partial charge in [-0.15, -0.1) is 0 Å². The molecule has 3 unspecified atom stereocenters. The largest absolute Gasteiger partial charge is 0.440 e. The molecule has 0 bridgehead atoms. The number of nitrogens with zero attached hydrogens (tertiary/aromatic N) is 1. The molecule has 2 aliphatic heterocycles. The smallest absolute Gasteiger partial charge is 0.239 e. The number of hydrogen-bond acceptors (Lipinski definition) is 9. The van der Waals surface area contributed by atoms with Gasteiger partial charge < -0.3 is 45.0 Å². The summed E-state index contributed by atoms with van der Waals surface area (Å²) in [5.41, 5.74) is 1.29. The number of carbonyl (C=O) groups is 1. The van der Waals surface area contributed by atoms with E-state index in [1.165, 1.54) is 0 Å². The summed E-state index contributed by atoms with van der Waals surface area (Å²) in [6.07, 6.45) is -1.27. The number of rotatable bonds is 5. The lowest BCUT2D eigenvalue weighted by molar-refractivity contribution is -0.443. The van der Waals surface area contributed by atoms with Gasteiger partial charge in [-0.05, 0) is 44.9 Å². The predicted octanol–water partition coefficient (Wildman–Crippen LogP) is 0.0167. The van der Waals surface area contributed by atoms with Crippen LogP contribution >= 0.6 is 0 Å². The monoisotopic (exact) mass is 493 g/mol. The Balaban J connectivity index is 0.00000289. The van der Waals surface area contributed by atoms with E-state index >= 15 is 0 Å². The molecule has 0 spiro atoms. The van der Waals surface area contributed by atoms with Crippen LogP contribution in [0.5, 0.6) is 0 Å². The van der Waals surface area contributed by atoms with Gasteiger partial charge in [0.05, 0.1) is 30.4 Å². The van der Waals surface area contributed by atoms with Crippen LogP contribution in [0.2, 0.25) is 0 Å². The van der Waals surface area contributed by atoms with Crippen LogP contribution in [0.1, 0.15) is 39.0 Å². The first-order valence-corrected chi connectivity index (χ1v) is 12.0. The van der Waals surface area contributed by atoms with Crippen LogP contribution in [-0.2, 0) is 25.4 Å². The molecule has 2 saturated heterocycles. The van der Waals surface area contributed by atoms with Crippen molar-refractivity contribution < 1.29 is 39.1 Å². The van der Waals surface area contributed by atoms with Crippen molar-refractivity contribution in [2.24, 2.45) is 5.92 Å². The van der Waals surface area contributed by atoms with Gasteiger partial charge in [0.25, 0.3) is 0 Å². The topological polar surface area (TPSA) is 167 Å². The lowest BCUT2D eigenvalue weighted by Crippen LogP contribution is -2.75. The summed E-state index contributed by atoms with van der Waals surface area (Å²) >= 11 is 0. The molecule has 1 amide bonds. The Morgan fingerprint density at radius 3 is 2.74 bits per heavy atom. The third kappa shape index (κ3) is 4.69. The molecule has 2 aromatic rings. The number of benzene rings is 1. The number of nitrogens with one attached hydrogen (secondary N) is 2. The van der Waals surface area contributed by atoms with Crippen LogP contribution < -0.4 is 10.6 Å². The average molecular weight is 494 g/mol. The molecule has 1 aromatic heterocycles. The second kappa shape index (κ2) is 10.1. The Labute approximate surface area is 203 Å². The van der Waals surface area contributed by atoms with Crippen molar-refractivity contribution in [2.75, 3.05) is 7.05 Å². The van der Waals surface area contributed by atoms with Gasteiger partial charge >= 0.3 is 0 Å². The molecule has 11 nitrogen and oxygen atoms in total. The molecular formula is C24H35N3O8. The van der Waals surface area contributed by atoms with Gasteiger partial charge in [0.2, 0.25) is 23.9 Å². The van der Waals surface area contributed by atoms with E-state index in [2.05, 4.69) is 15.6 Å². The van der Waals surface area contributed by atoms with Crippen molar-refractivity contribution in [3.63, 3.8) is 0 Å². The first-order valence-electron chi connectivity index (χ1n) is 12.0. The number of hydrogen-bond donors (Lipinski definition) is 4. The summed E-state index contributed by atoms with van der Waals surface area (Å²) in [7, 11) is 1.75. The minimum atomic E-state index is -1.90. The molecule has 3 aliphatic rings. The van der Waals surface area contributed by atoms with Gasteiger partial charge in [0.1, 0.15) is 18.0 Å². The van der Waals surface area contributed by atoms with Crippen molar-refractivity contribution in [1.29, 1.82) is 0 Å². The summed E-state index contributed by atoms with van der Waals surface area (Å²) in [6, 6.07) is 6.10. The number of amides is 1. The highest BCUT2D eigenvalue weighted by molar-refractivity contribution is 5.79. The molecule has 1 aromatic carbocycles. The lowest BCUT2D eigenvalue weighted by Gasteiger charge is -2.57. The maximum atomic E-state index is 12.9. The molecule has 5 rings (SSSR count). The number of aliphatic hydroxyl groups is 2. The number of fused-ring (bicyclic) bond motifs is 3. The van der Waals surface area contributed by atoms with E-state index in [9.17, 15) is 15.0 Å². The lowest BCUT2D eigenvalue weighted by atomic mass is 9.77. The minimum absolute atomic E-state index is 0. The van der Waals surface area contributed by atoms with Crippen LogP contribution in [-0.4, -0.2) is 82.2 Å². The van der Waals surface area contributed by atoms with E-state index in [-0.39, 0.29) is 35.9 Å². The number of ether oxygens (including phenoxy) is 3. The molecule has 3 heterocycles. The first-order chi connectivity index (χ1) is 16.3. The Morgan fingerprint density at radius 1 is 1.26 bits per heavy atom. The summed E-state index contributed by atoms with van der Waals surface area (Å²) in [5.74, 6) is -1.93. The highest BCUT2D eigenvalue weighted by Gasteiger charge is 2.61. The number of oxazole rings is 1. The number of carbonyl (C=O) groups excluding carboxylic acids is 1. The molecular weight excluding hydrogens is 458 g/mol. The van der Waals surface area contributed by atoms with Gasteiger partial charge in [0.15, 0.2) is 5.58 Å². The highest BCUT2D eigenvalue weighted by atomic mass is 16.8. The van der Waals surface area contributed by atoms with Crippen LogP contribution in [0.15, 0.2) is 28.7 Å². The zero-order chi connectivity index (χ0) is 24.0. The Hall–Kier alpha value is -2.12. The Kier molecular flexibility index (Phi) is 7.49. The fourth-order valence-electron chi connectivity index (χ4n) is 5.53. The molecule has 11 heteroatoms. The van der Waals surface area contributed by atoms with Crippen molar-refractivity contribution in [3.05, 3.63) is 30.2 Å². The van der Waals surface area contributed by atoms with Gasteiger partial charge in [-0.2, -0.15) is 0 Å². The van der Waals surface area contributed by atoms with Crippen molar-refractivity contribution in [3.8, 4) is 0 Å². The SMILES string of the molecule is CC[C@H]1CC2OC3O[C@H](C)C[C@@H](NC(=O)Cc4nc5ccccc5o4)[C@]3(O)OC2[C@@H](NC)[C@H]1O.O. The normalized spacial score (nSPS) is 38.8. The van der Waals surface area contributed by atoms with Crippen molar-refractivity contribution >= 4 is 17.0 Å². The van der Waals surface area contributed by atoms with E-state index in [4.69, 9.17) is 18.6 Å². The van der Waals surface area contributed by atoms with Gasteiger partial charge in [-0.1, -0.05) is 25.5 Å². The Bertz CT molecular complexity index is 1000. The Morgan fingerprint density at radius 2 is 2.03 bits per heavy atom. The zero-order valence-corrected chi connectivity index (χ0v) is 20.1. The number of para-hydroxylation sites is 2. The van der Waals surface area contributed by atoms with Crippen molar-refractivity contribution in [1.82, 2.24) is 15.6 Å². The maximum absolute atomic E-state index is 12.9. The minimum Gasteiger partial charge on any atom is -0.440 e. The summed E-state index contributed by atoms with van der Waals surface area (Å²) in [4.78, 5) is 17.3. The molecule has 1 saturated carbocycles. The van der Waals surface area contributed by atoms with E-state index in [0.29, 0.717) is 29.8 Å². The summed E-state index contributed by atoms with van der Waals surface area (Å²) in [5, 5.41) is 28.5. The molecule has 194 valence electrons. The molecule has 0 radical (unpaired) electrons. The molecule has 9 atom stereocenters. The quantitative estimate of drug-likeness (QED) is 0.449. The summed E-state index contributed by atoms with van der Waals surface area (Å²) < 4.78 is 24.0. The highest BCUT2D eigenvalue weighted by Crippen LogP contribution is 2.43. The molecule has 3 fully saturated rings. The number of aliphatic hydroxyl groups excluding tert-OH is 1. The average Bonchev–Trinajstić information content (AvgIpc) is 3.20. The third-order valence-corrected chi connectivity index (χ3v) is 7.33. The standard InChI is InChI=1S/C24H33N3O7.H2O/c1-4-13-10-16-22(20(25-3)21(13)29)34-24(30)17(9-12(2)31-23(24)33-16)27-18(28)11-19-26-14-7-5-6-8-15(14)32-19;/h5-8,12-13,16-17,20-23,25,29-30H,4,9-11H2,1-3H3,(H,27,28);1H2/t12-,13+,16?,17-,20+,21+,22?,23?,24+;/m1./s1. The van der Waals surface area contributed by atoms with E-state index in [1.54, 1.807) is 13.1 Å². The third-order valence-electron chi connectivity index (χ3n) is 7.33. The van der Waals surface area contributed by atoms with Crippen LogP contribution in [0, 0.1) is 5.92 Å². The van der Waals surface area contributed by atoms with Crippen LogP contribution in [0.4, 0.5) is 0 Å². The van der Waals surface area contributed by atoms with E-state index in [0.717, 1.165) is 6.42 Å². The fourth-order valence-corrected chi connectivity index (χ4v) is 5.53. The first kappa shape index (κ1) is 26.0. The summed E-state index contributed by atoms with van der Waals surface area (Å²) in [6.45, 7) is 3.90.